The minimum atomic E-state index is -0.148. The van der Waals surface area contributed by atoms with E-state index in [0.29, 0.717) is 11.3 Å². The lowest BCUT2D eigenvalue weighted by Crippen LogP contribution is -2.11. The zero-order chi connectivity index (χ0) is 21.9. The van der Waals surface area contributed by atoms with Crippen LogP contribution in [-0.2, 0) is 6.42 Å². The minimum Gasteiger partial charge on any atom is -0.322 e. The maximum Gasteiger partial charge on any atom is 0.255 e. The molecule has 0 unspecified atom stereocenters. The fourth-order valence-electron chi connectivity index (χ4n) is 3.82. The molecule has 0 bridgehead atoms. The van der Waals surface area contributed by atoms with Crippen LogP contribution in [0.15, 0.2) is 84.9 Å². The summed E-state index contributed by atoms with van der Waals surface area (Å²) in [7, 11) is 0. The van der Waals surface area contributed by atoms with Crippen LogP contribution in [0.2, 0.25) is 0 Å². The molecule has 1 amide bonds. The van der Waals surface area contributed by atoms with Crippen LogP contribution < -0.4 is 5.32 Å². The van der Waals surface area contributed by atoms with E-state index in [1.807, 2.05) is 72.8 Å². The maximum atomic E-state index is 12.8. The van der Waals surface area contributed by atoms with Crippen LogP contribution in [0.3, 0.4) is 0 Å². The van der Waals surface area contributed by atoms with Crippen molar-refractivity contribution >= 4 is 33.4 Å². The molecule has 158 valence electrons. The van der Waals surface area contributed by atoms with Gasteiger partial charge >= 0.3 is 0 Å². The van der Waals surface area contributed by atoms with Gasteiger partial charge in [0.1, 0.15) is 11.0 Å². The molecule has 0 fully saturated rings. The van der Waals surface area contributed by atoms with Gasteiger partial charge < -0.3 is 5.32 Å². The number of carbonyl (C=O) groups excluding carboxylic acids is 1. The van der Waals surface area contributed by atoms with Gasteiger partial charge in [0.15, 0.2) is 0 Å². The van der Waals surface area contributed by atoms with E-state index in [9.17, 15) is 4.79 Å². The molecule has 4 aromatic carbocycles. The van der Waals surface area contributed by atoms with E-state index in [2.05, 4.69) is 34.6 Å². The fourth-order valence-corrected chi connectivity index (χ4v) is 3.82. The number of aromatic nitrogens is 3. The number of amides is 1. The highest BCUT2D eigenvalue weighted by Gasteiger charge is 2.10. The molecule has 1 N–H and O–H groups in total. The number of benzene rings is 4. The molecule has 0 atom stereocenters. The van der Waals surface area contributed by atoms with Gasteiger partial charge in [-0.15, -0.1) is 10.2 Å². The quantitative estimate of drug-likeness (QED) is 0.357. The third-order valence-electron chi connectivity index (χ3n) is 5.64. The molecule has 0 spiro atoms. The Balaban J connectivity index is 1.35. The molecule has 5 heteroatoms. The molecule has 0 saturated heterocycles. The van der Waals surface area contributed by atoms with E-state index >= 15 is 0 Å². The standard InChI is InChI=1S/C27H24N4O/c1-2-3-6-19-9-14-24(15-10-19)31-29-25-16-13-23(18-26(25)30-31)28-27(32)22-12-11-20-7-4-5-8-21(20)17-22/h4-5,7-18H,2-3,6H2,1H3,(H,28,32). The molecule has 5 aromatic rings. The number of rotatable bonds is 6. The zero-order valence-corrected chi connectivity index (χ0v) is 18.0. The van der Waals surface area contributed by atoms with Gasteiger partial charge in [-0.2, -0.15) is 4.80 Å². The monoisotopic (exact) mass is 420 g/mol. The predicted octanol–water partition coefficient (Wildman–Crippen LogP) is 6.17. The van der Waals surface area contributed by atoms with E-state index in [4.69, 9.17) is 0 Å². The van der Waals surface area contributed by atoms with Crippen molar-refractivity contribution in [3.05, 3.63) is 96.1 Å². The summed E-state index contributed by atoms with van der Waals surface area (Å²) in [5.74, 6) is -0.148. The number of aryl methyl sites for hydroxylation is 1. The number of unbranched alkanes of at least 4 members (excludes halogenated alkanes) is 1. The Hall–Kier alpha value is -3.99. The average Bonchev–Trinajstić information content (AvgIpc) is 3.26. The molecular formula is C27H24N4O. The third-order valence-corrected chi connectivity index (χ3v) is 5.64. The number of hydrogen-bond acceptors (Lipinski definition) is 3. The molecule has 0 saturated carbocycles. The van der Waals surface area contributed by atoms with Crippen molar-refractivity contribution in [1.82, 2.24) is 15.0 Å². The normalized spacial score (nSPS) is 11.2. The first-order chi connectivity index (χ1) is 15.7. The van der Waals surface area contributed by atoms with Gasteiger partial charge in [0.2, 0.25) is 0 Å². The Bertz CT molecular complexity index is 1400. The lowest BCUT2D eigenvalue weighted by atomic mass is 10.1. The summed E-state index contributed by atoms with van der Waals surface area (Å²) in [5, 5.41) is 14.3. The molecule has 0 aliphatic carbocycles. The zero-order valence-electron chi connectivity index (χ0n) is 18.0. The minimum absolute atomic E-state index is 0.148. The van der Waals surface area contributed by atoms with Gasteiger partial charge in [0.05, 0.1) is 5.69 Å². The third kappa shape index (κ3) is 4.10. The fraction of sp³-hybridized carbons (Fsp3) is 0.148. The Kier molecular flexibility index (Phi) is 5.38. The summed E-state index contributed by atoms with van der Waals surface area (Å²) >= 11 is 0. The second-order valence-corrected chi connectivity index (χ2v) is 7.98. The first-order valence-electron chi connectivity index (χ1n) is 11.0. The summed E-state index contributed by atoms with van der Waals surface area (Å²) in [4.78, 5) is 14.4. The Morgan fingerprint density at radius 2 is 1.62 bits per heavy atom. The number of fused-ring (bicyclic) bond motifs is 2. The van der Waals surface area contributed by atoms with Gasteiger partial charge in [0, 0.05) is 11.3 Å². The molecule has 0 aliphatic rings. The van der Waals surface area contributed by atoms with Gasteiger partial charge in [-0.25, -0.2) is 0 Å². The van der Waals surface area contributed by atoms with E-state index in [1.165, 1.54) is 18.4 Å². The second-order valence-electron chi connectivity index (χ2n) is 7.98. The van der Waals surface area contributed by atoms with Crippen molar-refractivity contribution in [2.24, 2.45) is 0 Å². The first-order valence-corrected chi connectivity index (χ1v) is 11.0. The van der Waals surface area contributed by atoms with E-state index in [1.54, 1.807) is 4.80 Å². The predicted molar refractivity (Wildman–Crippen MR) is 129 cm³/mol. The van der Waals surface area contributed by atoms with Crippen molar-refractivity contribution in [1.29, 1.82) is 0 Å². The van der Waals surface area contributed by atoms with Gasteiger partial charge in [0.25, 0.3) is 5.91 Å². The number of anilines is 1. The Morgan fingerprint density at radius 1 is 0.844 bits per heavy atom. The molecule has 1 aromatic heterocycles. The van der Waals surface area contributed by atoms with Gasteiger partial charge in [-0.05, 0) is 71.6 Å². The number of hydrogen-bond donors (Lipinski definition) is 1. The topological polar surface area (TPSA) is 59.8 Å². The second kappa shape index (κ2) is 8.63. The van der Waals surface area contributed by atoms with Gasteiger partial charge in [-0.3, -0.25) is 4.79 Å². The SMILES string of the molecule is CCCCc1ccc(-n2nc3ccc(NC(=O)c4ccc5ccccc5c4)cc3n2)cc1. The number of nitrogens with one attached hydrogen (secondary N) is 1. The van der Waals surface area contributed by atoms with Crippen LogP contribution >= 0.6 is 0 Å². The van der Waals surface area contributed by atoms with Crippen LogP contribution in [-0.4, -0.2) is 20.9 Å². The highest BCUT2D eigenvalue weighted by Crippen LogP contribution is 2.20. The lowest BCUT2D eigenvalue weighted by molar-refractivity contribution is 0.102. The lowest BCUT2D eigenvalue weighted by Gasteiger charge is -2.06. The van der Waals surface area contributed by atoms with Gasteiger partial charge in [-0.1, -0.05) is 55.8 Å². The summed E-state index contributed by atoms with van der Waals surface area (Å²) in [6.07, 6.45) is 3.47. The van der Waals surface area contributed by atoms with Crippen LogP contribution in [0.5, 0.6) is 0 Å². The highest BCUT2D eigenvalue weighted by molar-refractivity contribution is 6.07. The van der Waals surface area contributed by atoms with E-state index in [0.717, 1.165) is 33.9 Å². The largest absolute Gasteiger partial charge is 0.322 e. The van der Waals surface area contributed by atoms with Crippen molar-refractivity contribution < 1.29 is 4.79 Å². The molecule has 32 heavy (non-hydrogen) atoms. The molecule has 1 heterocycles. The number of carbonyl (C=O) groups is 1. The molecule has 0 radical (unpaired) electrons. The van der Waals surface area contributed by atoms with E-state index in [-0.39, 0.29) is 5.91 Å². The molecule has 5 rings (SSSR count). The van der Waals surface area contributed by atoms with Crippen LogP contribution in [0.4, 0.5) is 5.69 Å². The van der Waals surface area contributed by atoms with E-state index < -0.39 is 0 Å². The Morgan fingerprint density at radius 3 is 2.44 bits per heavy atom. The highest BCUT2D eigenvalue weighted by atomic mass is 16.1. The van der Waals surface area contributed by atoms with Crippen molar-refractivity contribution in [3.63, 3.8) is 0 Å². The van der Waals surface area contributed by atoms with Crippen LogP contribution in [0, 0.1) is 0 Å². The van der Waals surface area contributed by atoms with Crippen LogP contribution in [0.1, 0.15) is 35.7 Å². The van der Waals surface area contributed by atoms with Crippen molar-refractivity contribution in [2.45, 2.75) is 26.2 Å². The maximum absolute atomic E-state index is 12.8. The Labute approximate surface area is 186 Å². The first kappa shape index (κ1) is 19.9. The van der Waals surface area contributed by atoms with Crippen LogP contribution in [0.25, 0.3) is 27.5 Å². The molecule has 0 aliphatic heterocycles. The van der Waals surface area contributed by atoms with Crippen molar-refractivity contribution in [2.75, 3.05) is 5.32 Å². The summed E-state index contributed by atoms with van der Waals surface area (Å²) in [6, 6.07) is 27.7. The smallest absolute Gasteiger partial charge is 0.255 e. The summed E-state index contributed by atoms with van der Waals surface area (Å²) in [5.41, 5.74) is 5.07. The molecular weight excluding hydrogens is 396 g/mol. The van der Waals surface area contributed by atoms with Crippen molar-refractivity contribution in [3.8, 4) is 5.69 Å². The summed E-state index contributed by atoms with van der Waals surface area (Å²) < 4.78 is 0. The molecule has 5 nitrogen and oxygen atoms in total. The average molecular weight is 421 g/mol. The summed E-state index contributed by atoms with van der Waals surface area (Å²) in [6.45, 7) is 2.20. The number of nitrogens with zero attached hydrogens (tertiary/aromatic N) is 3.